The second-order valence-electron chi connectivity index (χ2n) is 2.41. The SMILES string of the molecule is N/C=C\C=Nc1cc(N)cc(Br)c1. The molecule has 0 fully saturated rings. The summed E-state index contributed by atoms with van der Waals surface area (Å²) in [5.41, 5.74) is 12.2. The van der Waals surface area contributed by atoms with Crippen molar-refractivity contribution in [3.8, 4) is 0 Å². The summed E-state index contributed by atoms with van der Waals surface area (Å²) in [6, 6.07) is 5.47. The van der Waals surface area contributed by atoms with E-state index in [-0.39, 0.29) is 0 Å². The zero-order valence-corrected chi connectivity index (χ0v) is 8.53. The van der Waals surface area contributed by atoms with Crippen LogP contribution in [0.4, 0.5) is 11.4 Å². The van der Waals surface area contributed by atoms with Crippen molar-refractivity contribution in [1.82, 2.24) is 0 Å². The summed E-state index contributed by atoms with van der Waals surface area (Å²) < 4.78 is 0.913. The van der Waals surface area contributed by atoms with Crippen LogP contribution < -0.4 is 11.5 Å². The maximum Gasteiger partial charge on any atom is 0.0661 e. The van der Waals surface area contributed by atoms with Crippen LogP contribution in [0, 0.1) is 0 Å². The molecule has 0 saturated carbocycles. The van der Waals surface area contributed by atoms with Crippen molar-refractivity contribution in [2.75, 3.05) is 5.73 Å². The van der Waals surface area contributed by atoms with Gasteiger partial charge in [0.15, 0.2) is 0 Å². The van der Waals surface area contributed by atoms with Crippen LogP contribution in [0.2, 0.25) is 0 Å². The number of anilines is 1. The number of hydrogen-bond donors (Lipinski definition) is 2. The Hall–Kier alpha value is -1.29. The van der Waals surface area contributed by atoms with Crippen LogP contribution in [0.3, 0.4) is 0 Å². The number of nitrogens with two attached hydrogens (primary N) is 2. The number of nitrogens with zero attached hydrogens (tertiary/aromatic N) is 1. The molecule has 13 heavy (non-hydrogen) atoms. The van der Waals surface area contributed by atoms with Crippen LogP contribution in [0.5, 0.6) is 0 Å². The summed E-state index contributed by atoms with van der Waals surface area (Å²) >= 11 is 3.33. The average molecular weight is 240 g/mol. The van der Waals surface area contributed by atoms with E-state index in [1.165, 1.54) is 6.20 Å². The molecule has 1 aromatic carbocycles. The molecule has 0 atom stereocenters. The lowest BCUT2D eigenvalue weighted by atomic mass is 10.3. The lowest BCUT2D eigenvalue weighted by Gasteiger charge is -1.97. The Labute approximate surface area is 85.3 Å². The molecular weight excluding hydrogens is 230 g/mol. The first kappa shape index (κ1) is 9.80. The smallest absolute Gasteiger partial charge is 0.0661 e. The van der Waals surface area contributed by atoms with Crippen LogP contribution >= 0.6 is 15.9 Å². The Morgan fingerprint density at radius 2 is 2.08 bits per heavy atom. The molecule has 1 aromatic rings. The average Bonchev–Trinajstić information content (AvgIpc) is 2.03. The fraction of sp³-hybridized carbons (Fsp3) is 0. The quantitative estimate of drug-likeness (QED) is 0.614. The lowest BCUT2D eigenvalue weighted by Crippen LogP contribution is -1.83. The maximum absolute atomic E-state index is 5.62. The molecule has 0 aliphatic rings. The monoisotopic (exact) mass is 239 g/mol. The van der Waals surface area contributed by atoms with E-state index < -0.39 is 0 Å². The minimum absolute atomic E-state index is 0.679. The minimum atomic E-state index is 0.679. The third-order valence-electron chi connectivity index (χ3n) is 1.33. The second-order valence-corrected chi connectivity index (χ2v) is 3.32. The van der Waals surface area contributed by atoms with Gasteiger partial charge < -0.3 is 11.5 Å². The molecule has 0 heterocycles. The molecule has 0 amide bonds. The second kappa shape index (κ2) is 4.67. The van der Waals surface area contributed by atoms with E-state index in [2.05, 4.69) is 20.9 Å². The molecular formula is C9H10BrN3. The van der Waals surface area contributed by atoms with Gasteiger partial charge in [0, 0.05) is 16.4 Å². The summed E-state index contributed by atoms with van der Waals surface area (Å²) in [6.45, 7) is 0. The van der Waals surface area contributed by atoms with Crippen molar-refractivity contribution in [3.63, 3.8) is 0 Å². The third-order valence-corrected chi connectivity index (χ3v) is 1.78. The van der Waals surface area contributed by atoms with Crippen molar-refractivity contribution >= 4 is 33.5 Å². The predicted molar refractivity (Wildman–Crippen MR) is 60.0 cm³/mol. The van der Waals surface area contributed by atoms with E-state index >= 15 is 0 Å². The summed E-state index contributed by atoms with van der Waals surface area (Å²) in [5, 5.41) is 0. The van der Waals surface area contributed by atoms with Gasteiger partial charge in [-0.15, -0.1) is 0 Å². The van der Waals surface area contributed by atoms with Crippen molar-refractivity contribution in [1.29, 1.82) is 0 Å². The summed E-state index contributed by atoms with van der Waals surface area (Å²) in [7, 11) is 0. The van der Waals surface area contributed by atoms with Gasteiger partial charge in [-0.05, 0) is 30.5 Å². The van der Waals surface area contributed by atoms with Gasteiger partial charge in [0.1, 0.15) is 0 Å². The van der Waals surface area contributed by atoms with E-state index in [1.54, 1.807) is 18.4 Å². The number of rotatable bonds is 2. The first-order chi connectivity index (χ1) is 6.22. The molecule has 0 saturated heterocycles. The molecule has 0 aliphatic carbocycles. The number of allylic oxidation sites excluding steroid dienone is 1. The Morgan fingerprint density at radius 3 is 2.69 bits per heavy atom. The van der Waals surface area contributed by atoms with Crippen LogP contribution in [0.25, 0.3) is 0 Å². The topological polar surface area (TPSA) is 64.4 Å². The molecule has 0 spiro atoms. The highest BCUT2D eigenvalue weighted by Gasteiger charge is 1.93. The fourth-order valence-corrected chi connectivity index (χ4v) is 1.35. The van der Waals surface area contributed by atoms with Crippen molar-refractivity contribution in [2.45, 2.75) is 0 Å². The molecule has 4 N–H and O–H groups in total. The van der Waals surface area contributed by atoms with Crippen LogP contribution in [0.15, 0.2) is 39.9 Å². The van der Waals surface area contributed by atoms with E-state index in [1.807, 2.05) is 12.1 Å². The maximum atomic E-state index is 5.62. The molecule has 4 heteroatoms. The van der Waals surface area contributed by atoms with E-state index in [4.69, 9.17) is 11.5 Å². The van der Waals surface area contributed by atoms with E-state index in [9.17, 15) is 0 Å². The van der Waals surface area contributed by atoms with Gasteiger partial charge in [-0.25, -0.2) is 0 Å². The summed E-state index contributed by atoms with van der Waals surface area (Å²) in [6.07, 6.45) is 4.68. The normalized spacial score (nSPS) is 11.5. The lowest BCUT2D eigenvalue weighted by molar-refractivity contribution is 1.51. The van der Waals surface area contributed by atoms with Gasteiger partial charge in [0.05, 0.1) is 5.69 Å². The number of aliphatic imine (C=N–C) groups is 1. The highest BCUT2D eigenvalue weighted by Crippen LogP contribution is 2.22. The zero-order chi connectivity index (χ0) is 9.68. The molecule has 1 rings (SSSR count). The number of nitrogen functional groups attached to an aromatic ring is 1. The highest BCUT2D eigenvalue weighted by atomic mass is 79.9. The van der Waals surface area contributed by atoms with Gasteiger partial charge in [0.2, 0.25) is 0 Å². The standard InChI is InChI=1S/C9H10BrN3/c10-7-4-8(12)6-9(5-7)13-3-1-2-11/h1-6H,11-12H2/b2-1-,13-3?. The summed E-state index contributed by atoms with van der Waals surface area (Å²) in [4.78, 5) is 4.12. The number of halogens is 1. The number of hydrogen-bond acceptors (Lipinski definition) is 3. The van der Waals surface area contributed by atoms with E-state index in [0.717, 1.165) is 10.2 Å². The number of benzene rings is 1. The molecule has 0 aliphatic heterocycles. The summed E-state index contributed by atoms with van der Waals surface area (Å²) in [5.74, 6) is 0. The first-order valence-electron chi connectivity index (χ1n) is 3.69. The molecule has 68 valence electrons. The van der Waals surface area contributed by atoms with Crippen LogP contribution in [0.1, 0.15) is 0 Å². The Balaban J connectivity index is 2.89. The van der Waals surface area contributed by atoms with Gasteiger partial charge >= 0.3 is 0 Å². The fourth-order valence-electron chi connectivity index (χ4n) is 0.850. The zero-order valence-electron chi connectivity index (χ0n) is 6.94. The van der Waals surface area contributed by atoms with Crippen molar-refractivity contribution < 1.29 is 0 Å². The van der Waals surface area contributed by atoms with Crippen molar-refractivity contribution in [3.05, 3.63) is 34.9 Å². The van der Waals surface area contributed by atoms with Crippen LogP contribution in [-0.2, 0) is 0 Å². The van der Waals surface area contributed by atoms with Gasteiger partial charge in [-0.3, -0.25) is 4.99 Å². The Bertz CT molecular complexity index is 324. The van der Waals surface area contributed by atoms with Gasteiger partial charge in [-0.1, -0.05) is 15.9 Å². The van der Waals surface area contributed by atoms with Crippen molar-refractivity contribution in [2.24, 2.45) is 10.7 Å². The predicted octanol–water partition coefficient (Wildman–Crippen LogP) is 2.21. The largest absolute Gasteiger partial charge is 0.405 e. The van der Waals surface area contributed by atoms with Crippen LogP contribution in [-0.4, -0.2) is 6.21 Å². The van der Waals surface area contributed by atoms with Gasteiger partial charge in [0.25, 0.3) is 0 Å². The molecule has 0 radical (unpaired) electrons. The molecule has 0 bridgehead atoms. The highest BCUT2D eigenvalue weighted by molar-refractivity contribution is 9.10. The Kier molecular flexibility index (Phi) is 3.52. The molecule has 3 nitrogen and oxygen atoms in total. The third kappa shape index (κ3) is 3.29. The Morgan fingerprint density at radius 1 is 1.31 bits per heavy atom. The van der Waals surface area contributed by atoms with E-state index in [0.29, 0.717) is 5.69 Å². The first-order valence-corrected chi connectivity index (χ1v) is 4.48. The minimum Gasteiger partial charge on any atom is -0.405 e. The molecule has 0 aromatic heterocycles. The molecule has 0 unspecified atom stereocenters. The van der Waals surface area contributed by atoms with Gasteiger partial charge in [-0.2, -0.15) is 0 Å².